The summed E-state index contributed by atoms with van der Waals surface area (Å²) >= 11 is 0. The number of carbonyl (C=O) groups is 2. The number of esters is 2. The van der Waals surface area contributed by atoms with Crippen LogP contribution < -0.4 is 0 Å². The molecule has 1 rings (SSSR count). The van der Waals surface area contributed by atoms with E-state index in [1.807, 2.05) is 0 Å². The maximum atomic E-state index is 12.3. The first-order valence-corrected chi connectivity index (χ1v) is 7.29. The van der Waals surface area contributed by atoms with E-state index < -0.39 is 51.6 Å². The summed E-state index contributed by atoms with van der Waals surface area (Å²) in [6.45, 7) is 0. The van der Waals surface area contributed by atoms with Crippen LogP contribution in [-0.2, 0) is 33.4 Å². The van der Waals surface area contributed by atoms with Crippen molar-refractivity contribution < 1.29 is 44.8 Å². The summed E-state index contributed by atoms with van der Waals surface area (Å²) in [7, 11) is -3.72. The predicted octanol–water partition coefficient (Wildman–Crippen LogP) is 1.11. The van der Waals surface area contributed by atoms with E-state index >= 15 is 0 Å². The quantitative estimate of drug-likeness (QED) is 0.427. The van der Waals surface area contributed by atoms with Crippen LogP contribution in [0, 0.1) is 11.8 Å². The number of methoxy groups -OCH3 is 2. The van der Waals surface area contributed by atoms with Crippen molar-refractivity contribution in [1.82, 2.24) is 0 Å². The highest BCUT2D eigenvalue weighted by atomic mass is 32.2. The predicted molar refractivity (Wildman–Crippen MR) is 64.4 cm³/mol. The highest BCUT2D eigenvalue weighted by Crippen LogP contribution is 2.35. The minimum Gasteiger partial charge on any atom is -0.469 e. The number of allylic oxidation sites excluding steroid dienone is 2. The average molecular weight is 346 g/mol. The van der Waals surface area contributed by atoms with Gasteiger partial charge in [-0.2, -0.15) is 21.6 Å². The summed E-state index contributed by atoms with van der Waals surface area (Å²) in [6.07, 6.45) is 0.265. The second-order valence-corrected chi connectivity index (χ2v) is 5.89. The number of halogens is 3. The molecule has 0 unspecified atom stereocenters. The lowest BCUT2D eigenvalue weighted by Crippen LogP contribution is -2.35. The van der Waals surface area contributed by atoms with E-state index in [0.29, 0.717) is 0 Å². The maximum absolute atomic E-state index is 12.3. The van der Waals surface area contributed by atoms with Crippen molar-refractivity contribution in [2.75, 3.05) is 14.2 Å². The Balaban J connectivity index is 3.01. The lowest BCUT2D eigenvalue weighted by molar-refractivity contribution is -0.158. The fourth-order valence-corrected chi connectivity index (χ4v) is 2.44. The second kappa shape index (κ2) is 6.55. The van der Waals surface area contributed by atoms with Crippen molar-refractivity contribution in [1.29, 1.82) is 0 Å². The molecule has 0 heterocycles. The molecule has 7 nitrogen and oxygen atoms in total. The topological polar surface area (TPSA) is 96.0 Å². The molecule has 0 bridgehead atoms. The van der Waals surface area contributed by atoms with Gasteiger partial charge < -0.3 is 13.7 Å². The lowest BCUT2D eigenvalue weighted by atomic mass is 9.82. The molecule has 0 saturated carbocycles. The van der Waals surface area contributed by atoms with E-state index in [-0.39, 0.29) is 6.42 Å². The summed E-state index contributed by atoms with van der Waals surface area (Å²) in [5, 5.41) is 0. The first-order chi connectivity index (χ1) is 10.0. The van der Waals surface area contributed by atoms with Gasteiger partial charge in [0.25, 0.3) is 0 Å². The van der Waals surface area contributed by atoms with Gasteiger partial charge in [0, 0.05) is 6.42 Å². The molecule has 22 heavy (non-hydrogen) atoms. The van der Waals surface area contributed by atoms with Gasteiger partial charge in [-0.3, -0.25) is 9.59 Å². The molecule has 2 atom stereocenters. The molecular formula is C11H13F3O7S. The van der Waals surface area contributed by atoms with Crippen LogP contribution >= 0.6 is 0 Å². The summed E-state index contributed by atoms with van der Waals surface area (Å²) in [6, 6.07) is 0. The summed E-state index contributed by atoms with van der Waals surface area (Å²) < 4.78 is 71.6. The van der Waals surface area contributed by atoms with Crippen molar-refractivity contribution >= 4 is 22.1 Å². The molecule has 0 amide bonds. The molecule has 0 radical (unpaired) electrons. The SMILES string of the molecule is COC(=O)[C@H]1CC=C(OS(=O)(=O)C(F)(F)F)C[C@@H]1C(=O)OC. The molecular weight excluding hydrogens is 333 g/mol. The van der Waals surface area contributed by atoms with E-state index in [1.165, 1.54) is 0 Å². The molecule has 0 aromatic heterocycles. The third kappa shape index (κ3) is 3.90. The smallest absolute Gasteiger partial charge is 0.469 e. The fraction of sp³-hybridized carbons (Fsp3) is 0.636. The first-order valence-electron chi connectivity index (χ1n) is 5.89. The number of hydrogen-bond acceptors (Lipinski definition) is 7. The zero-order valence-electron chi connectivity index (χ0n) is 11.5. The molecule has 0 aromatic carbocycles. The Morgan fingerprint density at radius 3 is 2.09 bits per heavy atom. The van der Waals surface area contributed by atoms with Crippen LogP contribution in [0.2, 0.25) is 0 Å². The Labute approximate surface area is 124 Å². The van der Waals surface area contributed by atoms with Crippen molar-refractivity contribution in [2.45, 2.75) is 18.3 Å². The van der Waals surface area contributed by atoms with Crippen LogP contribution in [0.4, 0.5) is 13.2 Å². The molecule has 1 aliphatic carbocycles. The Morgan fingerprint density at radius 2 is 1.64 bits per heavy atom. The van der Waals surface area contributed by atoms with Crippen LogP contribution in [0.3, 0.4) is 0 Å². The summed E-state index contributed by atoms with van der Waals surface area (Å²) in [5.74, 6) is -4.40. The highest BCUT2D eigenvalue weighted by molar-refractivity contribution is 7.87. The zero-order valence-corrected chi connectivity index (χ0v) is 12.4. The van der Waals surface area contributed by atoms with Crippen molar-refractivity contribution in [2.24, 2.45) is 11.8 Å². The standard InChI is InChI=1S/C11H13F3O7S/c1-19-9(15)7-4-3-6(5-8(7)10(16)20-2)21-22(17,18)11(12,13)14/h3,7-8H,4-5H2,1-2H3/t7-,8-/m0/s1. The van der Waals surface area contributed by atoms with Crippen molar-refractivity contribution in [3.63, 3.8) is 0 Å². The Bertz CT molecular complexity index is 579. The van der Waals surface area contributed by atoms with E-state index in [0.717, 1.165) is 20.3 Å². The molecule has 0 spiro atoms. The van der Waals surface area contributed by atoms with Gasteiger partial charge in [-0.15, -0.1) is 0 Å². The highest BCUT2D eigenvalue weighted by Gasteiger charge is 2.50. The molecule has 0 N–H and O–H groups in total. The van der Waals surface area contributed by atoms with Gasteiger partial charge in [0.05, 0.1) is 26.1 Å². The van der Waals surface area contributed by atoms with Gasteiger partial charge in [-0.25, -0.2) is 0 Å². The normalized spacial score (nSPS) is 22.5. The Morgan fingerprint density at radius 1 is 1.14 bits per heavy atom. The molecule has 0 aliphatic heterocycles. The van der Waals surface area contributed by atoms with E-state index in [1.54, 1.807) is 0 Å². The minimum absolute atomic E-state index is 0.213. The first kappa shape index (κ1) is 18.3. The molecule has 0 saturated heterocycles. The average Bonchev–Trinajstić information content (AvgIpc) is 2.43. The molecule has 0 fully saturated rings. The minimum atomic E-state index is -5.83. The molecule has 1 aliphatic rings. The van der Waals surface area contributed by atoms with Gasteiger partial charge in [0.15, 0.2) is 0 Å². The summed E-state index contributed by atoms with van der Waals surface area (Å²) in [4.78, 5) is 23.2. The third-order valence-corrected chi connectivity index (χ3v) is 4.01. The number of alkyl halides is 3. The van der Waals surface area contributed by atoms with E-state index in [2.05, 4.69) is 13.7 Å². The van der Waals surface area contributed by atoms with Crippen LogP contribution in [0.5, 0.6) is 0 Å². The van der Waals surface area contributed by atoms with E-state index in [4.69, 9.17) is 0 Å². The van der Waals surface area contributed by atoms with Crippen LogP contribution in [-0.4, -0.2) is 40.1 Å². The van der Waals surface area contributed by atoms with E-state index in [9.17, 15) is 31.2 Å². The van der Waals surface area contributed by atoms with Gasteiger partial charge in [-0.05, 0) is 12.5 Å². The van der Waals surface area contributed by atoms with Gasteiger partial charge in [-0.1, -0.05) is 0 Å². The molecule has 126 valence electrons. The molecule has 0 aromatic rings. The van der Waals surface area contributed by atoms with Crippen LogP contribution in [0.15, 0.2) is 11.8 Å². The Hall–Kier alpha value is -1.78. The van der Waals surface area contributed by atoms with Gasteiger partial charge in [0.1, 0.15) is 5.76 Å². The lowest BCUT2D eigenvalue weighted by Gasteiger charge is -2.27. The van der Waals surface area contributed by atoms with Crippen LogP contribution in [0.1, 0.15) is 12.8 Å². The van der Waals surface area contributed by atoms with Crippen molar-refractivity contribution in [3.8, 4) is 0 Å². The number of ether oxygens (including phenoxy) is 2. The largest absolute Gasteiger partial charge is 0.534 e. The number of carbonyl (C=O) groups excluding carboxylic acids is 2. The number of rotatable bonds is 4. The van der Waals surface area contributed by atoms with Gasteiger partial charge in [0.2, 0.25) is 0 Å². The fourth-order valence-electron chi connectivity index (χ4n) is 1.93. The number of hydrogen-bond donors (Lipinski definition) is 0. The monoisotopic (exact) mass is 346 g/mol. The second-order valence-electron chi connectivity index (χ2n) is 4.35. The van der Waals surface area contributed by atoms with Crippen molar-refractivity contribution in [3.05, 3.63) is 11.8 Å². The maximum Gasteiger partial charge on any atom is 0.534 e. The third-order valence-electron chi connectivity index (χ3n) is 3.01. The summed E-state index contributed by atoms with van der Waals surface area (Å²) in [5.41, 5.74) is -5.59. The van der Waals surface area contributed by atoms with Crippen LogP contribution in [0.25, 0.3) is 0 Å². The Kier molecular flexibility index (Phi) is 5.44. The molecule has 11 heteroatoms. The zero-order chi connectivity index (χ0) is 17.1. The van der Waals surface area contributed by atoms with Gasteiger partial charge >= 0.3 is 27.6 Å².